The molecule has 0 fully saturated rings. The molecule has 0 aromatic heterocycles. The summed E-state index contributed by atoms with van der Waals surface area (Å²) in [7, 11) is 2.83. The van der Waals surface area contributed by atoms with E-state index >= 15 is 0 Å². The molecule has 21 heavy (non-hydrogen) atoms. The minimum atomic E-state index is -0.632. The second-order valence-electron chi connectivity index (χ2n) is 3.96. The first kappa shape index (κ1) is 16.4. The molecule has 0 aliphatic heterocycles. The Balaban J connectivity index is 3.13. The molecule has 0 radical (unpaired) electrons. The summed E-state index contributed by atoms with van der Waals surface area (Å²) in [5.74, 6) is -0.211. The molecule has 2 amide bonds. The van der Waals surface area contributed by atoms with E-state index in [9.17, 15) is 9.59 Å². The van der Waals surface area contributed by atoms with Crippen molar-refractivity contribution in [1.82, 2.24) is 5.32 Å². The second kappa shape index (κ2) is 7.78. The lowest BCUT2D eigenvalue weighted by Gasteiger charge is -2.15. The molecule has 1 aromatic carbocycles. The molecule has 0 bridgehead atoms. The van der Waals surface area contributed by atoms with Gasteiger partial charge in [0.05, 0.1) is 14.2 Å². The summed E-state index contributed by atoms with van der Waals surface area (Å²) in [6.07, 6.45) is 1.57. The molecular formula is C14H18N2O5. The lowest BCUT2D eigenvalue weighted by molar-refractivity contribution is -0.120. The van der Waals surface area contributed by atoms with Crippen LogP contribution in [0.25, 0.3) is 0 Å². The Hall–Kier alpha value is -2.70. The molecule has 0 saturated carbocycles. The topological polar surface area (TPSA) is 99.9 Å². The zero-order chi connectivity index (χ0) is 15.8. The van der Waals surface area contributed by atoms with E-state index in [1.54, 1.807) is 6.08 Å². The van der Waals surface area contributed by atoms with Crippen LogP contribution in [0.5, 0.6) is 17.2 Å². The van der Waals surface area contributed by atoms with Gasteiger partial charge in [-0.3, -0.25) is 9.59 Å². The number of nitrogens with two attached hydrogens (primary N) is 1. The maximum absolute atomic E-state index is 11.9. The van der Waals surface area contributed by atoms with Crippen LogP contribution in [-0.2, 0) is 4.79 Å². The minimum absolute atomic E-state index is 0.207. The van der Waals surface area contributed by atoms with E-state index in [0.29, 0.717) is 12.1 Å². The van der Waals surface area contributed by atoms with Crippen LogP contribution in [0.15, 0.2) is 24.8 Å². The molecule has 114 valence electrons. The first-order chi connectivity index (χ1) is 10.0. The monoisotopic (exact) mass is 294 g/mol. The van der Waals surface area contributed by atoms with Gasteiger partial charge in [-0.2, -0.15) is 0 Å². The van der Waals surface area contributed by atoms with Crippen molar-refractivity contribution in [2.24, 2.45) is 5.73 Å². The zero-order valence-electron chi connectivity index (χ0n) is 12.0. The maximum atomic E-state index is 11.9. The fourth-order valence-corrected chi connectivity index (χ4v) is 1.56. The van der Waals surface area contributed by atoms with Crippen LogP contribution in [0.4, 0.5) is 0 Å². The Bertz CT molecular complexity index is 517. The van der Waals surface area contributed by atoms with Crippen molar-refractivity contribution in [2.75, 3.05) is 27.4 Å². The smallest absolute Gasteiger partial charge is 0.255 e. The minimum Gasteiger partial charge on any atom is -0.493 e. The van der Waals surface area contributed by atoms with E-state index in [0.717, 1.165) is 0 Å². The SMILES string of the molecule is C=CCNC(=O)c1cc(OC)c(OCC(N)=O)c(OC)c1. The average molecular weight is 294 g/mol. The number of primary amides is 1. The van der Waals surface area contributed by atoms with E-state index in [4.69, 9.17) is 19.9 Å². The van der Waals surface area contributed by atoms with Gasteiger partial charge < -0.3 is 25.3 Å². The van der Waals surface area contributed by atoms with E-state index < -0.39 is 5.91 Å². The number of carbonyl (C=O) groups is 2. The number of amides is 2. The van der Waals surface area contributed by atoms with Crippen LogP contribution < -0.4 is 25.3 Å². The molecule has 7 nitrogen and oxygen atoms in total. The molecule has 0 atom stereocenters. The van der Waals surface area contributed by atoms with Gasteiger partial charge in [0.25, 0.3) is 11.8 Å². The van der Waals surface area contributed by atoms with Crippen molar-refractivity contribution in [3.63, 3.8) is 0 Å². The van der Waals surface area contributed by atoms with Crippen molar-refractivity contribution in [3.05, 3.63) is 30.4 Å². The molecule has 0 saturated heterocycles. The van der Waals surface area contributed by atoms with Crippen molar-refractivity contribution in [2.45, 2.75) is 0 Å². The molecule has 0 unspecified atom stereocenters. The summed E-state index contributed by atoms with van der Waals surface area (Å²) in [6, 6.07) is 2.97. The van der Waals surface area contributed by atoms with Gasteiger partial charge in [0.15, 0.2) is 18.1 Å². The number of rotatable bonds is 8. The predicted octanol–water partition coefficient (Wildman–Crippen LogP) is 0.484. The van der Waals surface area contributed by atoms with Crippen molar-refractivity contribution >= 4 is 11.8 Å². The Kier molecular flexibility index (Phi) is 6.06. The van der Waals surface area contributed by atoms with Gasteiger partial charge in [-0.15, -0.1) is 6.58 Å². The molecule has 0 aliphatic rings. The number of hydrogen-bond donors (Lipinski definition) is 2. The van der Waals surface area contributed by atoms with Gasteiger partial charge in [-0.1, -0.05) is 6.08 Å². The van der Waals surface area contributed by atoms with Crippen LogP contribution in [0.3, 0.4) is 0 Å². The van der Waals surface area contributed by atoms with Gasteiger partial charge in [0.1, 0.15) is 0 Å². The second-order valence-corrected chi connectivity index (χ2v) is 3.96. The molecule has 3 N–H and O–H groups in total. The highest BCUT2D eigenvalue weighted by Gasteiger charge is 2.18. The zero-order valence-corrected chi connectivity index (χ0v) is 12.0. The van der Waals surface area contributed by atoms with Gasteiger partial charge >= 0.3 is 0 Å². The molecule has 0 aliphatic carbocycles. The van der Waals surface area contributed by atoms with Gasteiger partial charge in [-0.25, -0.2) is 0 Å². The third-order valence-electron chi connectivity index (χ3n) is 2.49. The van der Waals surface area contributed by atoms with Crippen molar-refractivity contribution in [3.8, 4) is 17.2 Å². The van der Waals surface area contributed by atoms with E-state index in [1.807, 2.05) is 0 Å². The average Bonchev–Trinajstić information content (AvgIpc) is 2.49. The van der Waals surface area contributed by atoms with Crippen molar-refractivity contribution < 1.29 is 23.8 Å². The first-order valence-corrected chi connectivity index (χ1v) is 6.09. The number of ether oxygens (including phenoxy) is 3. The summed E-state index contributed by atoms with van der Waals surface area (Å²) < 4.78 is 15.6. The first-order valence-electron chi connectivity index (χ1n) is 6.09. The Morgan fingerprint density at radius 1 is 1.29 bits per heavy atom. The summed E-state index contributed by atoms with van der Waals surface area (Å²) >= 11 is 0. The van der Waals surface area contributed by atoms with E-state index in [2.05, 4.69) is 11.9 Å². The van der Waals surface area contributed by atoms with Gasteiger partial charge in [0.2, 0.25) is 5.75 Å². The van der Waals surface area contributed by atoms with Crippen LogP contribution in [0, 0.1) is 0 Å². The largest absolute Gasteiger partial charge is 0.493 e. The predicted molar refractivity (Wildman–Crippen MR) is 76.8 cm³/mol. The lowest BCUT2D eigenvalue weighted by atomic mass is 10.1. The molecular weight excluding hydrogens is 276 g/mol. The fraction of sp³-hybridized carbons (Fsp3) is 0.286. The van der Waals surface area contributed by atoms with Gasteiger partial charge in [-0.05, 0) is 12.1 Å². The van der Waals surface area contributed by atoms with E-state index in [-0.39, 0.29) is 29.8 Å². The van der Waals surface area contributed by atoms with Crippen LogP contribution in [0.1, 0.15) is 10.4 Å². The molecule has 1 aromatic rings. The summed E-state index contributed by atoms with van der Waals surface area (Å²) in [5, 5.41) is 2.64. The van der Waals surface area contributed by atoms with Crippen molar-refractivity contribution in [1.29, 1.82) is 0 Å². The normalized spacial score (nSPS) is 9.62. The molecule has 7 heteroatoms. The highest BCUT2D eigenvalue weighted by molar-refractivity contribution is 5.95. The summed E-state index contributed by atoms with van der Waals surface area (Å²) in [5.41, 5.74) is 5.37. The lowest BCUT2D eigenvalue weighted by Crippen LogP contribution is -2.23. The Morgan fingerprint density at radius 3 is 2.29 bits per heavy atom. The number of hydrogen-bond acceptors (Lipinski definition) is 5. The third-order valence-corrected chi connectivity index (χ3v) is 2.49. The quantitative estimate of drug-likeness (QED) is 0.679. The maximum Gasteiger partial charge on any atom is 0.255 e. The highest BCUT2D eigenvalue weighted by Crippen LogP contribution is 2.38. The number of methoxy groups -OCH3 is 2. The molecule has 0 spiro atoms. The Labute approximate surface area is 122 Å². The molecule has 1 rings (SSSR count). The van der Waals surface area contributed by atoms with Crippen LogP contribution >= 0.6 is 0 Å². The highest BCUT2D eigenvalue weighted by atomic mass is 16.5. The summed E-state index contributed by atoms with van der Waals surface area (Å²) in [6.45, 7) is 3.53. The standard InChI is InChI=1S/C14H18N2O5/c1-4-5-16-14(18)9-6-10(19-2)13(11(7-9)20-3)21-8-12(15)17/h4,6-7H,1,5,8H2,2-3H3,(H2,15,17)(H,16,18). The van der Waals surface area contributed by atoms with Gasteiger partial charge in [0, 0.05) is 12.1 Å². The number of carbonyl (C=O) groups excluding carboxylic acids is 2. The van der Waals surface area contributed by atoms with E-state index in [1.165, 1.54) is 26.4 Å². The third kappa shape index (κ3) is 4.41. The number of benzene rings is 1. The van der Waals surface area contributed by atoms with Crippen LogP contribution in [-0.4, -0.2) is 39.2 Å². The fourth-order valence-electron chi connectivity index (χ4n) is 1.56. The molecule has 0 heterocycles. The number of nitrogens with one attached hydrogen (secondary N) is 1. The Morgan fingerprint density at radius 2 is 1.86 bits per heavy atom. The van der Waals surface area contributed by atoms with Crippen LogP contribution in [0.2, 0.25) is 0 Å². The summed E-state index contributed by atoms with van der Waals surface area (Å²) in [4.78, 5) is 22.7.